The summed E-state index contributed by atoms with van der Waals surface area (Å²) in [4.78, 5) is 0. The lowest BCUT2D eigenvalue weighted by molar-refractivity contribution is 0.362. The summed E-state index contributed by atoms with van der Waals surface area (Å²) in [5, 5.41) is 0.431. The van der Waals surface area contributed by atoms with Gasteiger partial charge in [0, 0.05) is 43.6 Å². The van der Waals surface area contributed by atoms with Gasteiger partial charge in [0.15, 0.2) is 0 Å². The van der Waals surface area contributed by atoms with Gasteiger partial charge in [0.1, 0.15) is 0 Å². The van der Waals surface area contributed by atoms with Gasteiger partial charge in [0.2, 0.25) is 0 Å². The summed E-state index contributed by atoms with van der Waals surface area (Å²) in [5.41, 5.74) is 0. The highest BCUT2D eigenvalue weighted by Crippen LogP contribution is 2.23. The number of rotatable bonds is 6. The third kappa shape index (κ3) is 4.28. The van der Waals surface area contributed by atoms with E-state index in [2.05, 4.69) is 6.92 Å². The molecule has 0 saturated carbocycles. The molecule has 0 N–H and O–H groups in total. The predicted molar refractivity (Wildman–Crippen MR) is 75.0 cm³/mol. The number of nitrogens with zero attached hydrogens (tertiary/aromatic N) is 2. The minimum absolute atomic E-state index is 0.431. The molecule has 102 valence electrons. The lowest BCUT2D eigenvalue weighted by Gasteiger charge is -2.33. The Balaban J connectivity index is 2.62. The molecule has 1 saturated heterocycles. The molecule has 7 heteroatoms. The molecule has 1 atom stereocenters. The van der Waals surface area contributed by atoms with Crippen LogP contribution in [0.5, 0.6) is 0 Å². The normalized spacial score (nSPS) is 23.2. The van der Waals surface area contributed by atoms with E-state index in [0.29, 0.717) is 37.2 Å². The maximum absolute atomic E-state index is 12.3. The summed E-state index contributed by atoms with van der Waals surface area (Å²) in [7, 11) is -1.65. The summed E-state index contributed by atoms with van der Waals surface area (Å²) < 4.78 is 27.5. The molecule has 1 unspecified atom stereocenters. The van der Waals surface area contributed by atoms with E-state index in [9.17, 15) is 8.42 Å². The number of alkyl halides is 1. The molecule has 1 rings (SSSR count). The van der Waals surface area contributed by atoms with Crippen LogP contribution in [-0.4, -0.2) is 60.6 Å². The molecule has 0 aromatic carbocycles. The third-order valence-electron chi connectivity index (χ3n) is 2.88. The second-order valence-electron chi connectivity index (χ2n) is 4.13. The van der Waals surface area contributed by atoms with E-state index in [-0.39, 0.29) is 0 Å². The molecule has 1 aliphatic heterocycles. The van der Waals surface area contributed by atoms with Gasteiger partial charge in [-0.2, -0.15) is 28.8 Å². The van der Waals surface area contributed by atoms with Crippen molar-refractivity contribution in [2.75, 3.05) is 38.3 Å². The molecule has 1 heterocycles. The monoisotopic (exact) mass is 300 g/mol. The fraction of sp³-hybridized carbons (Fsp3) is 1.00. The van der Waals surface area contributed by atoms with Crippen LogP contribution in [0.15, 0.2) is 0 Å². The Morgan fingerprint density at radius 2 is 2.24 bits per heavy atom. The van der Waals surface area contributed by atoms with Gasteiger partial charge in [-0.05, 0) is 12.8 Å². The molecule has 0 radical (unpaired) electrons. The van der Waals surface area contributed by atoms with E-state index in [0.717, 1.165) is 12.2 Å². The number of hydrogen-bond donors (Lipinski definition) is 0. The average molecular weight is 301 g/mol. The molecule has 1 aliphatic rings. The summed E-state index contributed by atoms with van der Waals surface area (Å²) >= 11 is 7.46. The highest BCUT2D eigenvalue weighted by molar-refractivity contribution is 8.00. The Morgan fingerprint density at radius 1 is 1.53 bits per heavy atom. The fourth-order valence-electron chi connectivity index (χ4n) is 1.74. The highest BCUT2D eigenvalue weighted by atomic mass is 35.5. The standard InChI is InChI=1S/C10H21ClN2O2S2/c1-3-10-9-13(7-8-16-10)17(14,15)12(2)6-4-5-11/h10H,3-9H2,1-2H3. The first-order valence-corrected chi connectivity index (χ1v) is 8.89. The SMILES string of the molecule is CCC1CN(S(=O)(=O)N(C)CCCCl)CCS1. The van der Waals surface area contributed by atoms with Crippen molar-refractivity contribution >= 4 is 33.6 Å². The van der Waals surface area contributed by atoms with Crippen LogP contribution in [0, 0.1) is 0 Å². The Hall–Kier alpha value is 0.510. The van der Waals surface area contributed by atoms with Crippen LogP contribution in [0.25, 0.3) is 0 Å². The Labute approximate surface area is 114 Å². The minimum atomic E-state index is -3.28. The molecule has 4 nitrogen and oxygen atoms in total. The predicted octanol–water partition coefficient (Wildman–Crippen LogP) is 1.62. The van der Waals surface area contributed by atoms with Crippen LogP contribution in [0.2, 0.25) is 0 Å². The van der Waals surface area contributed by atoms with Crippen LogP contribution in [0.4, 0.5) is 0 Å². The molecule has 0 aromatic heterocycles. The summed E-state index contributed by atoms with van der Waals surface area (Å²) in [6.07, 6.45) is 1.71. The Morgan fingerprint density at radius 3 is 2.82 bits per heavy atom. The number of thioether (sulfide) groups is 1. The fourth-order valence-corrected chi connectivity index (χ4v) is 4.70. The largest absolute Gasteiger partial charge is 0.281 e. The van der Waals surface area contributed by atoms with Gasteiger partial charge in [-0.1, -0.05) is 6.92 Å². The molecule has 0 bridgehead atoms. The maximum Gasteiger partial charge on any atom is 0.281 e. The molecule has 1 fully saturated rings. The first-order valence-electron chi connectivity index (χ1n) is 5.91. The van der Waals surface area contributed by atoms with Crippen molar-refractivity contribution < 1.29 is 8.42 Å². The number of halogens is 1. The summed E-state index contributed by atoms with van der Waals surface area (Å²) in [6.45, 7) is 3.85. The molecule has 0 aromatic rings. The van der Waals surface area contributed by atoms with E-state index in [1.165, 1.54) is 4.31 Å². The van der Waals surface area contributed by atoms with E-state index in [4.69, 9.17) is 11.6 Å². The van der Waals surface area contributed by atoms with Gasteiger partial charge in [0.05, 0.1) is 0 Å². The van der Waals surface area contributed by atoms with Crippen molar-refractivity contribution in [1.29, 1.82) is 0 Å². The zero-order valence-corrected chi connectivity index (χ0v) is 12.8. The van der Waals surface area contributed by atoms with Crippen LogP contribution in [0.3, 0.4) is 0 Å². The van der Waals surface area contributed by atoms with E-state index in [1.54, 1.807) is 11.4 Å². The molecule has 0 aliphatic carbocycles. The van der Waals surface area contributed by atoms with Crippen molar-refractivity contribution in [2.45, 2.75) is 25.0 Å². The van der Waals surface area contributed by atoms with Gasteiger partial charge < -0.3 is 0 Å². The highest BCUT2D eigenvalue weighted by Gasteiger charge is 2.31. The summed E-state index contributed by atoms with van der Waals surface area (Å²) in [5.74, 6) is 1.38. The Bertz CT molecular complexity index is 324. The second-order valence-corrected chi connectivity index (χ2v) is 7.95. The van der Waals surface area contributed by atoms with Gasteiger partial charge >= 0.3 is 0 Å². The molecular weight excluding hydrogens is 280 g/mol. The van der Waals surface area contributed by atoms with Crippen LogP contribution in [-0.2, 0) is 10.2 Å². The van der Waals surface area contributed by atoms with Crippen LogP contribution < -0.4 is 0 Å². The van der Waals surface area contributed by atoms with Gasteiger partial charge in [-0.15, -0.1) is 11.6 Å². The molecule has 0 amide bonds. The molecule has 17 heavy (non-hydrogen) atoms. The Kier molecular flexibility index (Phi) is 6.58. The lowest BCUT2D eigenvalue weighted by Crippen LogP contribution is -2.48. The molecular formula is C10H21ClN2O2S2. The van der Waals surface area contributed by atoms with Crippen molar-refractivity contribution in [3.63, 3.8) is 0 Å². The van der Waals surface area contributed by atoms with Crippen LogP contribution >= 0.6 is 23.4 Å². The van der Waals surface area contributed by atoms with E-state index in [1.807, 2.05) is 11.8 Å². The maximum atomic E-state index is 12.3. The third-order valence-corrected chi connectivity index (χ3v) is 6.48. The first-order chi connectivity index (χ1) is 8.02. The smallest absolute Gasteiger partial charge is 0.195 e. The van der Waals surface area contributed by atoms with Crippen LogP contribution in [0.1, 0.15) is 19.8 Å². The van der Waals surface area contributed by atoms with Gasteiger partial charge in [0.25, 0.3) is 10.2 Å². The van der Waals surface area contributed by atoms with Gasteiger partial charge in [-0.3, -0.25) is 0 Å². The topological polar surface area (TPSA) is 40.6 Å². The van der Waals surface area contributed by atoms with Gasteiger partial charge in [-0.25, -0.2) is 0 Å². The molecule has 0 spiro atoms. The van der Waals surface area contributed by atoms with Crippen molar-refractivity contribution in [2.24, 2.45) is 0 Å². The zero-order chi connectivity index (χ0) is 12.9. The van der Waals surface area contributed by atoms with E-state index < -0.39 is 10.2 Å². The average Bonchev–Trinajstić information content (AvgIpc) is 2.35. The lowest BCUT2D eigenvalue weighted by atomic mass is 10.3. The summed E-state index contributed by atoms with van der Waals surface area (Å²) in [6, 6.07) is 0. The second kappa shape index (κ2) is 7.19. The quantitative estimate of drug-likeness (QED) is 0.700. The van der Waals surface area contributed by atoms with Crippen molar-refractivity contribution in [1.82, 2.24) is 8.61 Å². The zero-order valence-electron chi connectivity index (χ0n) is 10.4. The van der Waals surface area contributed by atoms with Crippen molar-refractivity contribution in [3.8, 4) is 0 Å². The van der Waals surface area contributed by atoms with Crippen molar-refractivity contribution in [3.05, 3.63) is 0 Å². The first kappa shape index (κ1) is 15.6. The van der Waals surface area contributed by atoms with E-state index >= 15 is 0 Å². The number of hydrogen-bond acceptors (Lipinski definition) is 3. The minimum Gasteiger partial charge on any atom is -0.195 e.